The lowest BCUT2D eigenvalue weighted by atomic mass is 10.0. The Kier molecular flexibility index (Phi) is 5.02. The summed E-state index contributed by atoms with van der Waals surface area (Å²) < 4.78 is 10.8. The highest BCUT2D eigenvalue weighted by molar-refractivity contribution is 5.35. The normalized spacial score (nSPS) is 20.9. The summed E-state index contributed by atoms with van der Waals surface area (Å²) >= 11 is 0. The van der Waals surface area contributed by atoms with Crippen LogP contribution in [0.5, 0.6) is 5.75 Å². The quantitative estimate of drug-likeness (QED) is 0.841. The van der Waals surface area contributed by atoms with E-state index in [0.717, 1.165) is 31.9 Å². The first-order chi connectivity index (χ1) is 8.85. The smallest absolute Gasteiger partial charge is 0.123 e. The molecule has 1 aromatic rings. The van der Waals surface area contributed by atoms with Gasteiger partial charge in [0.15, 0.2) is 0 Å². The Labute approximate surface area is 109 Å². The second kappa shape index (κ2) is 6.76. The van der Waals surface area contributed by atoms with Crippen molar-refractivity contribution in [3.05, 3.63) is 29.8 Å². The van der Waals surface area contributed by atoms with Crippen molar-refractivity contribution >= 4 is 0 Å². The van der Waals surface area contributed by atoms with Gasteiger partial charge in [-0.15, -0.1) is 0 Å². The molecule has 0 saturated carbocycles. The molecule has 0 aliphatic carbocycles. The monoisotopic (exact) mass is 249 g/mol. The van der Waals surface area contributed by atoms with Crippen molar-refractivity contribution in [1.82, 2.24) is 5.32 Å². The molecule has 1 aliphatic rings. The van der Waals surface area contributed by atoms with Crippen LogP contribution in [0.15, 0.2) is 24.3 Å². The van der Waals surface area contributed by atoms with Gasteiger partial charge in [0, 0.05) is 24.8 Å². The second-order valence-corrected chi connectivity index (χ2v) is 4.84. The fourth-order valence-corrected chi connectivity index (χ4v) is 2.48. The molecule has 3 heteroatoms. The topological polar surface area (TPSA) is 30.5 Å². The van der Waals surface area contributed by atoms with E-state index in [1.165, 1.54) is 12.0 Å². The Hall–Kier alpha value is -1.06. The van der Waals surface area contributed by atoms with Crippen LogP contribution < -0.4 is 10.1 Å². The Balaban J connectivity index is 1.98. The third-order valence-corrected chi connectivity index (χ3v) is 3.60. The minimum Gasteiger partial charge on any atom is -0.496 e. The molecule has 1 N–H and O–H groups in total. The molecule has 3 nitrogen and oxygen atoms in total. The van der Waals surface area contributed by atoms with Crippen LogP contribution in [0.4, 0.5) is 0 Å². The minimum absolute atomic E-state index is 0.363. The first-order valence-corrected chi connectivity index (χ1v) is 6.79. The second-order valence-electron chi connectivity index (χ2n) is 4.84. The number of ether oxygens (including phenoxy) is 2. The van der Waals surface area contributed by atoms with Crippen LogP contribution in [0.3, 0.4) is 0 Å². The summed E-state index contributed by atoms with van der Waals surface area (Å²) in [4.78, 5) is 0. The third-order valence-electron chi connectivity index (χ3n) is 3.60. The lowest BCUT2D eigenvalue weighted by Crippen LogP contribution is -2.27. The molecule has 0 bridgehead atoms. The zero-order valence-electron chi connectivity index (χ0n) is 11.3. The van der Waals surface area contributed by atoms with Gasteiger partial charge in [0.1, 0.15) is 5.75 Å². The van der Waals surface area contributed by atoms with Crippen LogP contribution in [0.2, 0.25) is 0 Å². The number of hydrogen-bond acceptors (Lipinski definition) is 3. The summed E-state index contributed by atoms with van der Waals surface area (Å²) in [5, 5.41) is 3.64. The van der Waals surface area contributed by atoms with Gasteiger partial charge in [-0.3, -0.25) is 0 Å². The zero-order valence-corrected chi connectivity index (χ0v) is 11.3. The lowest BCUT2D eigenvalue weighted by Gasteiger charge is -2.21. The molecule has 1 heterocycles. The van der Waals surface area contributed by atoms with E-state index in [2.05, 4.69) is 24.4 Å². The van der Waals surface area contributed by atoms with Crippen molar-refractivity contribution in [2.24, 2.45) is 5.92 Å². The first-order valence-electron chi connectivity index (χ1n) is 6.79. The molecule has 2 atom stereocenters. The van der Waals surface area contributed by atoms with Gasteiger partial charge in [0.2, 0.25) is 0 Å². The maximum Gasteiger partial charge on any atom is 0.123 e. The molecule has 1 fully saturated rings. The van der Waals surface area contributed by atoms with Gasteiger partial charge in [-0.2, -0.15) is 0 Å². The number of benzene rings is 1. The molecule has 2 rings (SSSR count). The zero-order chi connectivity index (χ0) is 12.8. The summed E-state index contributed by atoms with van der Waals surface area (Å²) in [5.74, 6) is 1.63. The predicted octanol–water partition coefficient (Wildman–Crippen LogP) is 2.77. The van der Waals surface area contributed by atoms with E-state index in [0.29, 0.717) is 12.0 Å². The predicted molar refractivity (Wildman–Crippen MR) is 73.0 cm³/mol. The SMILES string of the molecule is CCC(NCC1CCOC1)c1ccccc1OC. The number of methoxy groups -OCH3 is 1. The molecule has 18 heavy (non-hydrogen) atoms. The number of para-hydroxylation sites is 1. The lowest BCUT2D eigenvalue weighted by molar-refractivity contribution is 0.184. The number of hydrogen-bond donors (Lipinski definition) is 1. The molecule has 0 aromatic heterocycles. The Morgan fingerprint density at radius 2 is 2.28 bits per heavy atom. The number of rotatable bonds is 6. The highest BCUT2D eigenvalue weighted by Crippen LogP contribution is 2.27. The molecular weight excluding hydrogens is 226 g/mol. The average Bonchev–Trinajstić information content (AvgIpc) is 2.93. The van der Waals surface area contributed by atoms with E-state index in [-0.39, 0.29) is 0 Å². The van der Waals surface area contributed by atoms with Gasteiger partial charge >= 0.3 is 0 Å². The Bertz CT molecular complexity index is 361. The summed E-state index contributed by atoms with van der Waals surface area (Å²) in [6.45, 7) is 5.04. The third kappa shape index (κ3) is 3.24. The molecule has 100 valence electrons. The van der Waals surface area contributed by atoms with Gasteiger partial charge in [0.25, 0.3) is 0 Å². The first kappa shape index (κ1) is 13.4. The molecule has 0 radical (unpaired) electrons. The van der Waals surface area contributed by atoms with Gasteiger partial charge in [-0.1, -0.05) is 25.1 Å². The van der Waals surface area contributed by atoms with Crippen LogP contribution in [0.1, 0.15) is 31.4 Å². The molecule has 0 spiro atoms. The Morgan fingerprint density at radius 3 is 2.94 bits per heavy atom. The fourth-order valence-electron chi connectivity index (χ4n) is 2.48. The van der Waals surface area contributed by atoms with E-state index >= 15 is 0 Å². The van der Waals surface area contributed by atoms with E-state index in [1.54, 1.807) is 7.11 Å². The van der Waals surface area contributed by atoms with E-state index in [1.807, 2.05) is 12.1 Å². The summed E-state index contributed by atoms with van der Waals surface area (Å²) in [6.07, 6.45) is 2.24. The van der Waals surface area contributed by atoms with Gasteiger partial charge in [-0.05, 0) is 24.8 Å². The average molecular weight is 249 g/mol. The van der Waals surface area contributed by atoms with E-state index < -0.39 is 0 Å². The van der Waals surface area contributed by atoms with Crippen molar-refractivity contribution < 1.29 is 9.47 Å². The maximum absolute atomic E-state index is 5.44. The highest BCUT2D eigenvalue weighted by Gasteiger charge is 2.19. The van der Waals surface area contributed by atoms with Gasteiger partial charge < -0.3 is 14.8 Å². The standard InChI is InChI=1S/C15H23NO2/c1-3-14(16-10-12-8-9-18-11-12)13-6-4-5-7-15(13)17-2/h4-7,12,14,16H,3,8-11H2,1-2H3. The van der Waals surface area contributed by atoms with Crippen LogP contribution in [-0.4, -0.2) is 26.9 Å². The maximum atomic E-state index is 5.44. The molecule has 0 amide bonds. The molecular formula is C15H23NO2. The van der Waals surface area contributed by atoms with Crippen molar-refractivity contribution in [3.8, 4) is 5.75 Å². The fraction of sp³-hybridized carbons (Fsp3) is 0.600. The van der Waals surface area contributed by atoms with Gasteiger partial charge in [-0.25, -0.2) is 0 Å². The molecule has 1 aromatic carbocycles. The summed E-state index contributed by atoms with van der Waals surface area (Å²) in [5.41, 5.74) is 1.25. The van der Waals surface area contributed by atoms with Crippen LogP contribution in [0.25, 0.3) is 0 Å². The minimum atomic E-state index is 0.363. The van der Waals surface area contributed by atoms with Crippen LogP contribution in [-0.2, 0) is 4.74 Å². The highest BCUT2D eigenvalue weighted by atomic mass is 16.5. The largest absolute Gasteiger partial charge is 0.496 e. The Morgan fingerprint density at radius 1 is 1.44 bits per heavy atom. The van der Waals surface area contributed by atoms with Crippen molar-refractivity contribution in [2.75, 3.05) is 26.9 Å². The molecule has 1 aliphatic heterocycles. The van der Waals surface area contributed by atoms with E-state index in [4.69, 9.17) is 9.47 Å². The van der Waals surface area contributed by atoms with E-state index in [9.17, 15) is 0 Å². The van der Waals surface area contributed by atoms with Crippen molar-refractivity contribution in [1.29, 1.82) is 0 Å². The summed E-state index contributed by atoms with van der Waals surface area (Å²) in [6, 6.07) is 8.62. The van der Waals surface area contributed by atoms with Crippen LogP contribution in [0, 0.1) is 5.92 Å². The molecule has 2 unspecified atom stereocenters. The summed E-state index contributed by atoms with van der Waals surface area (Å²) in [7, 11) is 1.73. The van der Waals surface area contributed by atoms with Crippen molar-refractivity contribution in [2.45, 2.75) is 25.8 Å². The van der Waals surface area contributed by atoms with Gasteiger partial charge in [0.05, 0.1) is 13.7 Å². The van der Waals surface area contributed by atoms with Crippen molar-refractivity contribution in [3.63, 3.8) is 0 Å². The molecule has 1 saturated heterocycles. The van der Waals surface area contributed by atoms with Crippen LogP contribution >= 0.6 is 0 Å². The number of nitrogens with one attached hydrogen (secondary N) is 1.